The molecule has 1 aromatic carbocycles. The molecule has 0 saturated carbocycles. The number of nitrogens with one attached hydrogen (secondary N) is 2. The third-order valence-electron chi connectivity index (χ3n) is 3.08. The zero-order valence-electron chi connectivity index (χ0n) is 11.1. The number of aliphatic hydroxyl groups is 1. The van der Waals surface area contributed by atoms with E-state index in [1.165, 1.54) is 12.1 Å². The Kier molecular flexibility index (Phi) is 4.32. The maximum Gasteiger partial charge on any atom is 0.267 e. The molecular weight excluding hydrogens is 256 g/mol. The Morgan fingerprint density at radius 2 is 2.10 bits per heavy atom. The van der Waals surface area contributed by atoms with Gasteiger partial charge in [0, 0.05) is 6.54 Å². The van der Waals surface area contributed by atoms with Crippen molar-refractivity contribution in [3.8, 4) is 0 Å². The van der Waals surface area contributed by atoms with E-state index < -0.39 is 6.10 Å². The molecule has 5 heteroatoms. The number of aliphatic hydroxyl groups excluding tert-OH is 1. The lowest BCUT2D eigenvalue weighted by molar-refractivity contribution is 0.0911. The van der Waals surface area contributed by atoms with Gasteiger partial charge in [-0.2, -0.15) is 0 Å². The van der Waals surface area contributed by atoms with Crippen molar-refractivity contribution in [3.05, 3.63) is 58.9 Å². The summed E-state index contributed by atoms with van der Waals surface area (Å²) in [5.74, 6) is -0.356. The van der Waals surface area contributed by atoms with Crippen molar-refractivity contribution in [1.82, 2.24) is 10.3 Å². The van der Waals surface area contributed by atoms with Crippen LogP contribution in [0, 0.1) is 6.92 Å². The fraction of sp³-hybridized carbons (Fsp3) is 0.200. The molecule has 0 radical (unpaired) electrons. The van der Waals surface area contributed by atoms with Gasteiger partial charge in [-0.05, 0) is 30.2 Å². The lowest BCUT2D eigenvalue weighted by Gasteiger charge is -2.14. The summed E-state index contributed by atoms with van der Waals surface area (Å²) in [5, 5.41) is 12.7. The highest BCUT2D eigenvalue weighted by Crippen LogP contribution is 2.16. The van der Waals surface area contributed by atoms with Crippen LogP contribution in [0.2, 0.25) is 0 Å². The summed E-state index contributed by atoms with van der Waals surface area (Å²) in [5.41, 5.74) is 2.39. The molecule has 0 fully saturated rings. The lowest BCUT2D eigenvalue weighted by atomic mass is 10.0. The molecule has 0 saturated heterocycles. The first kappa shape index (κ1) is 14.0. The van der Waals surface area contributed by atoms with Crippen LogP contribution in [0.5, 0.6) is 0 Å². The van der Waals surface area contributed by atoms with Crippen LogP contribution in [-0.4, -0.2) is 28.8 Å². The van der Waals surface area contributed by atoms with Crippen LogP contribution in [0.15, 0.2) is 36.4 Å². The second-order valence-electron chi connectivity index (χ2n) is 4.53. The van der Waals surface area contributed by atoms with Gasteiger partial charge in [-0.25, -0.2) is 0 Å². The van der Waals surface area contributed by atoms with Crippen molar-refractivity contribution in [3.63, 3.8) is 0 Å². The number of H-pyrrole nitrogens is 1. The molecule has 0 aliphatic carbocycles. The van der Waals surface area contributed by atoms with Gasteiger partial charge in [-0.15, -0.1) is 0 Å². The van der Waals surface area contributed by atoms with Crippen LogP contribution in [-0.2, 0) is 0 Å². The Hall–Kier alpha value is -2.40. The highest BCUT2D eigenvalue weighted by Gasteiger charge is 2.13. The van der Waals surface area contributed by atoms with Gasteiger partial charge in [0.05, 0.1) is 11.8 Å². The number of hydrogen-bond donors (Lipinski definition) is 3. The molecule has 0 aliphatic rings. The molecule has 2 rings (SSSR count). The van der Waals surface area contributed by atoms with Crippen molar-refractivity contribution in [2.45, 2.75) is 13.0 Å². The number of carbonyl (C=O) groups excluding carboxylic acids is 2. The van der Waals surface area contributed by atoms with Crippen LogP contribution in [0.4, 0.5) is 0 Å². The van der Waals surface area contributed by atoms with Gasteiger partial charge in [-0.3, -0.25) is 9.59 Å². The third-order valence-corrected chi connectivity index (χ3v) is 3.08. The van der Waals surface area contributed by atoms with Crippen molar-refractivity contribution in [1.29, 1.82) is 0 Å². The molecule has 0 bridgehead atoms. The van der Waals surface area contributed by atoms with Gasteiger partial charge in [0.15, 0.2) is 6.29 Å². The van der Waals surface area contributed by atoms with Crippen LogP contribution in [0.3, 0.4) is 0 Å². The van der Waals surface area contributed by atoms with Gasteiger partial charge in [0.25, 0.3) is 5.91 Å². The molecule has 0 spiro atoms. The first-order valence-electron chi connectivity index (χ1n) is 6.28. The van der Waals surface area contributed by atoms with Crippen molar-refractivity contribution < 1.29 is 14.7 Å². The molecule has 3 N–H and O–H groups in total. The Morgan fingerprint density at radius 1 is 1.35 bits per heavy atom. The molecule has 2 aromatic rings. The van der Waals surface area contributed by atoms with Gasteiger partial charge >= 0.3 is 0 Å². The molecule has 20 heavy (non-hydrogen) atoms. The maximum atomic E-state index is 11.8. The summed E-state index contributed by atoms with van der Waals surface area (Å²) < 4.78 is 0. The number of hydrogen-bond acceptors (Lipinski definition) is 3. The second-order valence-corrected chi connectivity index (χ2v) is 4.53. The summed E-state index contributed by atoms with van der Waals surface area (Å²) in [4.78, 5) is 25.0. The van der Waals surface area contributed by atoms with E-state index in [2.05, 4.69) is 10.3 Å². The monoisotopic (exact) mass is 272 g/mol. The van der Waals surface area contributed by atoms with Crippen molar-refractivity contribution >= 4 is 12.2 Å². The number of amides is 1. The number of aromatic amines is 1. The average molecular weight is 272 g/mol. The number of aryl methyl sites for hydroxylation is 1. The standard InChI is InChI=1S/C15H16N2O3/c1-10-4-2-3-5-12(10)14(19)8-16-15(20)13-7-6-11(9-18)17-13/h2-7,9,14,17,19H,8H2,1H3,(H,16,20). The number of carbonyl (C=O) groups is 2. The van der Waals surface area contributed by atoms with Crippen molar-refractivity contribution in [2.75, 3.05) is 6.54 Å². The van der Waals surface area contributed by atoms with E-state index in [1.54, 1.807) is 0 Å². The number of benzene rings is 1. The van der Waals surface area contributed by atoms with Crippen molar-refractivity contribution in [2.24, 2.45) is 0 Å². The van der Waals surface area contributed by atoms with Crippen LogP contribution < -0.4 is 5.32 Å². The maximum absolute atomic E-state index is 11.8. The number of aldehydes is 1. The van der Waals surface area contributed by atoms with Crippen LogP contribution in [0.25, 0.3) is 0 Å². The van der Waals surface area contributed by atoms with E-state index in [4.69, 9.17) is 0 Å². The van der Waals surface area contributed by atoms with E-state index in [-0.39, 0.29) is 12.5 Å². The molecule has 1 aromatic heterocycles. The Labute approximate surface area is 116 Å². The summed E-state index contributed by atoms with van der Waals surface area (Å²) in [6.45, 7) is 2.01. The molecule has 1 amide bonds. The lowest BCUT2D eigenvalue weighted by Crippen LogP contribution is -2.28. The number of aromatic nitrogens is 1. The van der Waals surface area contributed by atoms with Gasteiger partial charge in [0.2, 0.25) is 0 Å². The van der Waals surface area contributed by atoms with E-state index in [0.717, 1.165) is 11.1 Å². The SMILES string of the molecule is Cc1ccccc1C(O)CNC(=O)c1ccc(C=O)[nH]1. The minimum Gasteiger partial charge on any atom is -0.387 e. The van der Waals surface area contributed by atoms with Crippen LogP contribution in [0.1, 0.15) is 38.2 Å². The Balaban J connectivity index is 1.96. The molecule has 104 valence electrons. The average Bonchev–Trinajstić information content (AvgIpc) is 2.94. The van der Waals surface area contributed by atoms with Gasteiger partial charge in [-0.1, -0.05) is 24.3 Å². The van der Waals surface area contributed by atoms with E-state index in [9.17, 15) is 14.7 Å². The first-order valence-corrected chi connectivity index (χ1v) is 6.28. The summed E-state index contributed by atoms with van der Waals surface area (Å²) in [6, 6.07) is 10.5. The smallest absolute Gasteiger partial charge is 0.267 e. The van der Waals surface area contributed by atoms with Crippen LogP contribution >= 0.6 is 0 Å². The predicted molar refractivity (Wildman–Crippen MR) is 74.7 cm³/mol. The number of rotatable bonds is 5. The highest BCUT2D eigenvalue weighted by molar-refractivity contribution is 5.93. The zero-order chi connectivity index (χ0) is 14.5. The Bertz CT molecular complexity index is 619. The molecule has 0 aliphatic heterocycles. The summed E-state index contributed by atoms with van der Waals surface area (Å²) >= 11 is 0. The largest absolute Gasteiger partial charge is 0.387 e. The molecule has 1 atom stereocenters. The molecule has 5 nitrogen and oxygen atoms in total. The molecule has 1 heterocycles. The second kappa shape index (κ2) is 6.16. The fourth-order valence-electron chi connectivity index (χ4n) is 1.97. The van der Waals surface area contributed by atoms with E-state index in [1.807, 2.05) is 31.2 Å². The predicted octanol–water partition coefficient (Wildman–Crippen LogP) is 1.60. The quantitative estimate of drug-likeness (QED) is 0.723. The summed E-state index contributed by atoms with van der Waals surface area (Å²) in [6.07, 6.45) is -0.125. The highest BCUT2D eigenvalue weighted by atomic mass is 16.3. The minimum absolute atomic E-state index is 0.110. The molecular formula is C15H16N2O3. The summed E-state index contributed by atoms with van der Waals surface area (Å²) in [7, 11) is 0. The zero-order valence-corrected chi connectivity index (χ0v) is 11.1. The fourth-order valence-corrected chi connectivity index (χ4v) is 1.97. The molecule has 1 unspecified atom stereocenters. The Morgan fingerprint density at radius 3 is 2.75 bits per heavy atom. The topological polar surface area (TPSA) is 82.2 Å². The third kappa shape index (κ3) is 3.13. The minimum atomic E-state index is -0.763. The van der Waals surface area contributed by atoms with Gasteiger partial charge in [0.1, 0.15) is 5.69 Å². The first-order chi connectivity index (χ1) is 9.61. The van der Waals surface area contributed by atoms with E-state index in [0.29, 0.717) is 17.7 Å². The van der Waals surface area contributed by atoms with E-state index >= 15 is 0 Å². The van der Waals surface area contributed by atoms with Gasteiger partial charge < -0.3 is 15.4 Å². The normalized spacial score (nSPS) is 11.9.